The molecule has 3 N–H and O–H groups in total. The Morgan fingerprint density at radius 3 is 2.50 bits per heavy atom. The Balaban J connectivity index is 2.59. The van der Waals surface area contributed by atoms with E-state index in [0.717, 1.165) is 0 Å². The molecule has 0 radical (unpaired) electrons. The molecule has 1 saturated carbocycles. The molecule has 0 amide bonds. The summed E-state index contributed by atoms with van der Waals surface area (Å²) >= 11 is 0. The molecule has 0 bridgehead atoms. The van der Waals surface area contributed by atoms with Crippen molar-refractivity contribution >= 4 is 0 Å². The van der Waals surface area contributed by atoms with Gasteiger partial charge in [0.2, 0.25) is 0 Å². The van der Waals surface area contributed by atoms with E-state index in [0.29, 0.717) is 12.8 Å². The van der Waals surface area contributed by atoms with Crippen LogP contribution in [0.2, 0.25) is 0 Å². The molecule has 1 rings (SSSR count). The molecule has 1 aliphatic carbocycles. The van der Waals surface area contributed by atoms with E-state index in [1.807, 2.05) is 0 Å². The molecular weight excluding hydrogens is 195 g/mol. The van der Waals surface area contributed by atoms with Gasteiger partial charge in [0.05, 0.1) is 5.92 Å². The van der Waals surface area contributed by atoms with E-state index in [2.05, 4.69) is 0 Å². The highest BCUT2D eigenvalue weighted by Gasteiger charge is 2.48. The zero-order valence-corrected chi connectivity index (χ0v) is 7.93. The molecule has 14 heavy (non-hydrogen) atoms. The highest BCUT2D eigenvalue weighted by molar-refractivity contribution is 4.88. The zero-order valence-electron chi connectivity index (χ0n) is 7.93. The van der Waals surface area contributed by atoms with Crippen molar-refractivity contribution in [2.24, 2.45) is 17.6 Å². The van der Waals surface area contributed by atoms with Gasteiger partial charge in [-0.15, -0.1) is 0 Å². The maximum atomic E-state index is 12.5. The highest BCUT2D eigenvalue weighted by Crippen LogP contribution is 2.44. The number of aliphatic hydroxyl groups excluding tert-OH is 1. The molecular formula is C9H16F3NO. The van der Waals surface area contributed by atoms with Crippen molar-refractivity contribution in [3.05, 3.63) is 0 Å². The minimum absolute atomic E-state index is 0.137. The largest absolute Gasteiger partial charge is 0.396 e. The van der Waals surface area contributed by atoms with E-state index in [1.165, 1.54) is 0 Å². The minimum atomic E-state index is -4.13. The number of halogens is 3. The second-order valence-electron chi connectivity index (χ2n) is 3.92. The number of aliphatic hydroxyl groups is 1. The maximum absolute atomic E-state index is 12.5. The van der Waals surface area contributed by atoms with Crippen molar-refractivity contribution in [1.82, 2.24) is 0 Å². The SMILES string of the molecule is NC(CCO)C1CCCC1C(F)(F)F. The van der Waals surface area contributed by atoms with E-state index in [9.17, 15) is 13.2 Å². The normalized spacial score (nSPS) is 30.6. The lowest BCUT2D eigenvalue weighted by molar-refractivity contribution is -0.185. The molecule has 3 unspecified atom stereocenters. The summed E-state index contributed by atoms with van der Waals surface area (Å²) in [6.07, 6.45) is -2.56. The van der Waals surface area contributed by atoms with Crippen molar-refractivity contribution in [2.45, 2.75) is 37.9 Å². The van der Waals surface area contributed by atoms with Crippen LogP contribution >= 0.6 is 0 Å². The van der Waals surface area contributed by atoms with Gasteiger partial charge in [0.1, 0.15) is 0 Å². The molecule has 0 saturated heterocycles. The Kier molecular flexibility index (Phi) is 3.78. The van der Waals surface area contributed by atoms with E-state index in [1.54, 1.807) is 0 Å². The second kappa shape index (κ2) is 4.49. The fourth-order valence-corrected chi connectivity index (χ4v) is 2.27. The second-order valence-corrected chi connectivity index (χ2v) is 3.92. The van der Waals surface area contributed by atoms with E-state index in [-0.39, 0.29) is 19.4 Å². The van der Waals surface area contributed by atoms with Gasteiger partial charge in [0, 0.05) is 12.6 Å². The van der Waals surface area contributed by atoms with Gasteiger partial charge in [-0.1, -0.05) is 6.42 Å². The van der Waals surface area contributed by atoms with Crippen LogP contribution in [0.3, 0.4) is 0 Å². The monoisotopic (exact) mass is 211 g/mol. The van der Waals surface area contributed by atoms with Crippen LogP contribution in [0, 0.1) is 11.8 Å². The lowest BCUT2D eigenvalue weighted by Gasteiger charge is -2.26. The maximum Gasteiger partial charge on any atom is 0.392 e. The average molecular weight is 211 g/mol. The van der Waals surface area contributed by atoms with Gasteiger partial charge in [0.15, 0.2) is 0 Å². The molecule has 1 aliphatic rings. The number of hydrogen-bond donors (Lipinski definition) is 2. The van der Waals surface area contributed by atoms with Gasteiger partial charge in [-0.05, 0) is 25.2 Å². The molecule has 1 fully saturated rings. The molecule has 0 aromatic heterocycles. The smallest absolute Gasteiger partial charge is 0.392 e. The predicted octanol–water partition coefficient (Wildman–Crippen LogP) is 1.67. The number of hydrogen-bond acceptors (Lipinski definition) is 2. The standard InChI is InChI=1S/C9H16F3NO/c10-9(11,12)7-3-1-2-6(7)8(13)4-5-14/h6-8,14H,1-5,13H2. The van der Waals surface area contributed by atoms with Gasteiger partial charge in [0.25, 0.3) is 0 Å². The number of nitrogens with two attached hydrogens (primary N) is 1. The summed E-state index contributed by atoms with van der Waals surface area (Å²) in [4.78, 5) is 0. The number of alkyl halides is 3. The Morgan fingerprint density at radius 1 is 1.36 bits per heavy atom. The van der Waals surface area contributed by atoms with Crippen molar-refractivity contribution < 1.29 is 18.3 Å². The molecule has 84 valence electrons. The predicted molar refractivity (Wildman–Crippen MR) is 46.6 cm³/mol. The molecule has 0 aromatic rings. The summed E-state index contributed by atoms with van der Waals surface area (Å²) in [5.41, 5.74) is 5.62. The fourth-order valence-electron chi connectivity index (χ4n) is 2.27. The van der Waals surface area contributed by atoms with Crippen molar-refractivity contribution in [1.29, 1.82) is 0 Å². The summed E-state index contributed by atoms with van der Waals surface area (Å²) in [5.74, 6) is -1.76. The van der Waals surface area contributed by atoms with Gasteiger partial charge in [-0.2, -0.15) is 13.2 Å². The lowest BCUT2D eigenvalue weighted by Crippen LogP contribution is -2.38. The van der Waals surface area contributed by atoms with Crippen LogP contribution in [0.5, 0.6) is 0 Å². The zero-order chi connectivity index (χ0) is 10.8. The summed E-state index contributed by atoms with van der Waals surface area (Å²) in [5, 5.41) is 8.62. The first-order chi connectivity index (χ1) is 6.46. The summed E-state index contributed by atoms with van der Waals surface area (Å²) in [7, 11) is 0. The van der Waals surface area contributed by atoms with Crippen LogP contribution < -0.4 is 5.73 Å². The minimum Gasteiger partial charge on any atom is -0.396 e. The highest BCUT2D eigenvalue weighted by atomic mass is 19.4. The number of rotatable bonds is 3. The van der Waals surface area contributed by atoms with Crippen molar-refractivity contribution in [3.63, 3.8) is 0 Å². The molecule has 0 aromatic carbocycles. The molecule has 2 nitrogen and oxygen atoms in total. The van der Waals surface area contributed by atoms with Crippen LogP contribution in [0.1, 0.15) is 25.7 Å². The Hall–Kier alpha value is -0.290. The summed E-state index contributed by atoms with van der Waals surface area (Å²) in [6.45, 7) is -0.137. The van der Waals surface area contributed by atoms with Crippen LogP contribution in [-0.4, -0.2) is 23.9 Å². The molecule has 3 atom stereocenters. The third-order valence-corrected chi connectivity index (χ3v) is 3.00. The Morgan fingerprint density at radius 2 is 2.00 bits per heavy atom. The Bertz CT molecular complexity index is 183. The first-order valence-corrected chi connectivity index (χ1v) is 4.90. The average Bonchev–Trinajstić information content (AvgIpc) is 2.50. The van der Waals surface area contributed by atoms with Gasteiger partial charge in [-0.25, -0.2) is 0 Å². The first-order valence-electron chi connectivity index (χ1n) is 4.90. The lowest BCUT2D eigenvalue weighted by atomic mass is 9.87. The molecule has 0 spiro atoms. The summed E-state index contributed by atoms with van der Waals surface area (Å²) < 4.78 is 37.5. The van der Waals surface area contributed by atoms with Crippen molar-refractivity contribution in [2.75, 3.05) is 6.61 Å². The summed E-state index contributed by atoms with van der Waals surface area (Å²) in [6, 6.07) is -0.519. The third kappa shape index (κ3) is 2.60. The van der Waals surface area contributed by atoms with Gasteiger partial charge in [-0.3, -0.25) is 0 Å². The van der Waals surface area contributed by atoms with Crippen LogP contribution in [0.15, 0.2) is 0 Å². The van der Waals surface area contributed by atoms with Crippen LogP contribution in [0.25, 0.3) is 0 Å². The van der Waals surface area contributed by atoms with Gasteiger partial charge < -0.3 is 10.8 Å². The topological polar surface area (TPSA) is 46.2 Å². The first kappa shape index (κ1) is 11.8. The van der Waals surface area contributed by atoms with Crippen molar-refractivity contribution in [3.8, 4) is 0 Å². The third-order valence-electron chi connectivity index (χ3n) is 3.00. The molecule has 0 aliphatic heterocycles. The molecule has 0 heterocycles. The van der Waals surface area contributed by atoms with Crippen LogP contribution in [0.4, 0.5) is 13.2 Å². The quantitative estimate of drug-likeness (QED) is 0.746. The van der Waals surface area contributed by atoms with Gasteiger partial charge >= 0.3 is 6.18 Å². The van der Waals surface area contributed by atoms with E-state index < -0.39 is 24.1 Å². The van der Waals surface area contributed by atoms with E-state index >= 15 is 0 Å². The molecule has 5 heteroatoms. The fraction of sp³-hybridized carbons (Fsp3) is 1.00. The van der Waals surface area contributed by atoms with E-state index in [4.69, 9.17) is 10.8 Å². The Labute approximate surface area is 81.3 Å². The van der Waals surface area contributed by atoms with Crippen LogP contribution in [-0.2, 0) is 0 Å².